The Hall–Kier alpha value is -2.54. The molecule has 6 nitrogen and oxygen atoms in total. The number of benzene rings is 1. The summed E-state index contributed by atoms with van der Waals surface area (Å²) in [6.07, 6.45) is 1.65. The first-order chi connectivity index (χ1) is 10.6. The number of carboxylic acids is 1. The molecule has 112 valence electrons. The van der Waals surface area contributed by atoms with Gasteiger partial charge in [-0.05, 0) is 30.3 Å². The van der Waals surface area contributed by atoms with Gasteiger partial charge in [0.25, 0.3) is 0 Å². The summed E-state index contributed by atoms with van der Waals surface area (Å²) >= 11 is 4.44. The maximum atomic E-state index is 11.1. The van der Waals surface area contributed by atoms with Crippen molar-refractivity contribution >= 4 is 30.1 Å². The quantitative estimate of drug-likeness (QED) is 0.758. The Morgan fingerprint density at radius 3 is 2.95 bits per heavy atom. The van der Waals surface area contributed by atoms with E-state index in [-0.39, 0.29) is 5.56 Å². The van der Waals surface area contributed by atoms with Crippen LogP contribution in [0.2, 0.25) is 0 Å². The molecule has 0 bridgehead atoms. The van der Waals surface area contributed by atoms with Gasteiger partial charge in [-0.2, -0.15) is 0 Å². The summed E-state index contributed by atoms with van der Waals surface area (Å²) in [7, 11) is 1.56. The van der Waals surface area contributed by atoms with Crippen LogP contribution in [0.1, 0.15) is 27.0 Å². The number of aliphatic imine (C=N–C) groups is 1. The van der Waals surface area contributed by atoms with Crippen molar-refractivity contribution in [3.8, 4) is 5.75 Å². The maximum Gasteiger partial charge on any atom is 0.335 e. The number of rotatable bonds is 3. The zero-order chi connectivity index (χ0) is 15.7. The molecule has 0 saturated carbocycles. The second-order valence-electron chi connectivity index (χ2n) is 4.64. The smallest absolute Gasteiger partial charge is 0.335 e. The first kappa shape index (κ1) is 14.4. The molecule has 0 radical (unpaired) electrons. The van der Waals surface area contributed by atoms with Crippen LogP contribution < -0.4 is 10.1 Å². The molecule has 0 amide bonds. The van der Waals surface area contributed by atoms with Crippen LogP contribution in [-0.4, -0.2) is 29.0 Å². The third-order valence-electron chi connectivity index (χ3n) is 3.30. The number of ether oxygens (including phenoxy) is 1. The van der Waals surface area contributed by atoms with Crippen molar-refractivity contribution in [2.24, 2.45) is 4.99 Å². The molecular formula is C15H13N3O3S. The number of aromatic nitrogens is 1. The lowest BCUT2D eigenvalue weighted by Crippen LogP contribution is -2.22. The number of pyridine rings is 1. The van der Waals surface area contributed by atoms with E-state index >= 15 is 0 Å². The van der Waals surface area contributed by atoms with Gasteiger partial charge in [0.05, 0.1) is 12.7 Å². The number of methoxy groups -OCH3 is 1. The highest BCUT2D eigenvalue weighted by Gasteiger charge is 2.23. The zero-order valence-corrected chi connectivity index (χ0v) is 12.5. The fourth-order valence-electron chi connectivity index (χ4n) is 2.23. The molecule has 7 heteroatoms. The number of carboxylic acid groups (broad SMARTS) is 1. The number of thiol groups is 1. The van der Waals surface area contributed by atoms with Crippen molar-refractivity contribution in [3.63, 3.8) is 0 Å². The number of aromatic carboxylic acids is 1. The number of nitrogens with zero attached hydrogens (tertiary/aromatic N) is 2. The summed E-state index contributed by atoms with van der Waals surface area (Å²) in [6.45, 7) is 0. The Balaban J connectivity index is 2.02. The number of fused-ring (bicyclic) bond motifs is 1. The molecule has 1 aliphatic heterocycles. The number of amidine groups is 1. The summed E-state index contributed by atoms with van der Waals surface area (Å²) in [5.74, 6) is 0.150. The van der Waals surface area contributed by atoms with Crippen molar-refractivity contribution in [1.29, 1.82) is 0 Å². The van der Waals surface area contributed by atoms with Crippen LogP contribution in [0.5, 0.6) is 5.75 Å². The second-order valence-corrected chi connectivity index (χ2v) is 5.13. The predicted molar refractivity (Wildman–Crippen MR) is 86.1 cm³/mol. The molecule has 0 spiro atoms. The van der Waals surface area contributed by atoms with Gasteiger partial charge in [-0.15, -0.1) is 12.6 Å². The van der Waals surface area contributed by atoms with Crippen LogP contribution in [0.15, 0.2) is 41.5 Å². The molecule has 0 saturated heterocycles. The van der Waals surface area contributed by atoms with E-state index in [1.165, 1.54) is 6.07 Å². The number of carbonyl (C=O) groups is 1. The molecule has 1 unspecified atom stereocenters. The fraction of sp³-hybridized carbons (Fsp3) is 0.133. The molecule has 2 N–H and O–H groups in total. The lowest BCUT2D eigenvalue weighted by Gasteiger charge is -2.23. The standard InChI is InChI=1S/C15H13N3O3S/c1-21-11-3-2-6-16-12(11)13-17-10-5-4-8(15(19)20)7-9(10)14(22)18-13/h2-7,14,22H,1H3,(H,17,18)(H,19,20). The minimum absolute atomic E-state index is 0.202. The first-order valence-corrected chi connectivity index (χ1v) is 7.01. The summed E-state index contributed by atoms with van der Waals surface area (Å²) < 4.78 is 5.29. The Morgan fingerprint density at radius 2 is 2.23 bits per heavy atom. The van der Waals surface area contributed by atoms with E-state index in [9.17, 15) is 4.79 Å². The van der Waals surface area contributed by atoms with Gasteiger partial charge in [-0.3, -0.25) is 0 Å². The van der Waals surface area contributed by atoms with Crippen molar-refractivity contribution < 1.29 is 14.6 Å². The molecule has 22 heavy (non-hydrogen) atoms. The first-order valence-electron chi connectivity index (χ1n) is 6.49. The van der Waals surface area contributed by atoms with Crippen molar-refractivity contribution in [1.82, 2.24) is 4.98 Å². The minimum atomic E-state index is -0.982. The number of hydrogen-bond acceptors (Lipinski definition) is 6. The average Bonchev–Trinajstić information content (AvgIpc) is 2.54. The van der Waals surface area contributed by atoms with Crippen molar-refractivity contribution in [3.05, 3.63) is 53.3 Å². The summed E-state index contributed by atoms with van der Waals surface area (Å²) in [6, 6.07) is 8.37. The van der Waals surface area contributed by atoms with E-state index in [0.717, 1.165) is 5.69 Å². The van der Waals surface area contributed by atoms with E-state index < -0.39 is 11.3 Å². The predicted octanol–water partition coefficient (Wildman–Crippen LogP) is 2.59. The lowest BCUT2D eigenvalue weighted by atomic mass is 10.1. The van der Waals surface area contributed by atoms with Gasteiger partial charge in [0.15, 0.2) is 5.84 Å². The number of anilines is 1. The molecular weight excluding hydrogens is 302 g/mol. The van der Waals surface area contributed by atoms with Crippen LogP contribution in [0.3, 0.4) is 0 Å². The van der Waals surface area contributed by atoms with Gasteiger partial charge < -0.3 is 15.2 Å². The normalized spacial score (nSPS) is 16.3. The largest absolute Gasteiger partial charge is 0.494 e. The summed E-state index contributed by atoms with van der Waals surface area (Å²) in [5, 5.41) is 11.7. The van der Waals surface area contributed by atoms with E-state index in [1.807, 2.05) is 0 Å². The highest BCUT2D eigenvalue weighted by atomic mass is 32.1. The highest BCUT2D eigenvalue weighted by Crippen LogP contribution is 2.35. The molecule has 1 aromatic heterocycles. The Morgan fingerprint density at radius 1 is 1.41 bits per heavy atom. The molecule has 0 aliphatic carbocycles. The van der Waals surface area contributed by atoms with Crippen LogP contribution in [0.25, 0.3) is 0 Å². The summed E-state index contributed by atoms with van der Waals surface area (Å²) in [4.78, 5) is 19.8. The Bertz CT molecular complexity index is 776. The van der Waals surface area contributed by atoms with Crippen LogP contribution in [0.4, 0.5) is 5.69 Å². The minimum Gasteiger partial charge on any atom is -0.494 e. The van der Waals surface area contributed by atoms with Crippen LogP contribution in [0, 0.1) is 0 Å². The number of hydrogen-bond donors (Lipinski definition) is 3. The van der Waals surface area contributed by atoms with Gasteiger partial charge in [0, 0.05) is 17.4 Å². The van der Waals surface area contributed by atoms with Gasteiger partial charge in [-0.25, -0.2) is 14.8 Å². The van der Waals surface area contributed by atoms with Gasteiger partial charge in [-0.1, -0.05) is 0 Å². The van der Waals surface area contributed by atoms with Crippen molar-refractivity contribution in [2.75, 3.05) is 12.4 Å². The fourth-order valence-corrected chi connectivity index (χ4v) is 2.56. The number of nitrogens with one attached hydrogen (secondary N) is 1. The van der Waals surface area contributed by atoms with Crippen LogP contribution in [-0.2, 0) is 0 Å². The SMILES string of the molecule is COc1cccnc1C1=NC(S)c2cc(C(=O)O)ccc2N1. The van der Waals surface area contributed by atoms with Gasteiger partial charge >= 0.3 is 5.97 Å². The molecule has 2 aromatic rings. The third kappa shape index (κ3) is 2.50. The highest BCUT2D eigenvalue weighted by molar-refractivity contribution is 7.80. The Labute approximate surface area is 132 Å². The molecule has 2 heterocycles. The Kier molecular flexibility index (Phi) is 3.72. The monoisotopic (exact) mass is 315 g/mol. The maximum absolute atomic E-state index is 11.1. The molecule has 1 aliphatic rings. The molecule has 3 rings (SSSR count). The van der Waals surface area contributed by atoms with Gasteiger partial charge in [0.2, 0.25) is 0 Å². The topological polar surface area (TPSA) is 83.8 Å². The summed E-state index contributed by atoms with van der Waals surface area (Å²) in [5.41, 5.74) is 2.25. The van der Waals surface area contributed by atoms with Crippen LogP contribution >= 0.6 is 12.6 Å². The van der Waals surface area contributed by atoms with Crippen molar-refractivity contribution in [2.45, 2.75) is 5.37 Å². The zero-order valence-electron chi connectivity index (χ0n) is 11.6. The molecule has 1 aromatic carbocycles. The van der Waals surface area contributed by atoms with E-state index in [2.05, 4.69) is 27.9 Å². The van der Waals surface area contributed by atoms with Gasteiger partial charge in [0.1, 0.15) is 16.8 Å². The van der Waals surface area contributed by atoms with E-state index in [1.54, 1.807) is 37.6 Å². The second kappa shape index (κ2) is 5.69. The lowest BCUT2D eigenvalue weighted by molar-refractivity contribution is 0.0697. The average molecular weight is 315 g/mol. The van der Waals surface area contributed by atoms with E-state index in [4.69, 9.17) is 9.84 Å². The molecule has 1 atom stereocenters. The third-order valence-corrected chi connectivity index (χ3v) is 3.69. The van der Waals surface area contributed by atoms with E-state index in [0.29, 0.717) is 22.8 Å². The molecule has 0 fully saturated rings.